The Morgan fingerprint density at radius 1 is 1.36 bits per heavy atom. The molecule has 0 aliphatic carbocycles. The Morgan fingerprint density at radius 2 is 2.21 bits per heavy atom. The maximum Gasteiger partial charge on any atom is 0.191 e. The van der Waals surface area contributed by atoms with Crippen LogP contribution in [0.5, 0.6) is 0 Å². The van der Waals surface area contributed by atoms with E-state index in [1.54, 1.807) is 6.07 Å². The number of hydrogen-bond acceptors (Lipinski definition) is 4. The van der Waals surface area contributed by atoms with Crippen molar-refractivity contribution in [1.82, 2.24) is 15.5 Å². The Hall–Kier alpha value is -1.70. The minimum absolute atomic E-state index is 0.171. The summed E-state index contributed by atoms with van der Waals surface area (Å²) in [6.45, 7) is 7.92. The van der Waals surface area contributed by atoms with Gasteiger partial charge in [-0.25, -0.2) is 9.38 Å². The zero-order valence-corrected chi connectivity index (χ0v) is 17.5. The molecule has 2 rings (SSSR count). The van der Waals surface area contributed by atoms with Gasteiger partial charge in [-0.05, 0) is 51.6 Å². The quantitative estimate of drug-likeness (QED) is 0.343. The summed E-state index contributed by atoms with van der Waals surface area (Å²) in [7, 11) is 3.87. The zero-order valence-electron chi connectivity index (χ0n) is 17.5. The van der Waals surface area contributed by atoms with Gasteiger partial charge in [0.05, 0.1) is 19.8 Å². The summed E-state index contributed by atoms with van der Waals surface area (Å²) < 4.78 is 25.0. The van der Waals surface area contributed by atoms with Crippen LogP contribution in [-0.2, 0) is 22.6 Å². The molecule has 0 aromatic heterocycles. The predicted octanol–water partition coefficient (Wildman–Crippen LogP) is 2.39. The monoisotopic (exact) mass is 394 g/mol. The van der Waals surface area contributed by atoms with Gasteiger partial charge in [-0.3, -0.25) is 0 Å². The minimum atomic E-state index is -0.171. The van der Waals surface area contributed by atoms with E-state index in [4.69, 9.17) is 9.47 Å². The zero-order chi connectivity index (χ0) is 20.2. The molecule has 0 spiro atoms. The van der Waals surface area contributed by atoms with E-state index in [1.165, 1.54) is 6.07 Å². The summed E-state index contributed by atoms with van der Waals surface area (Å²) in [4.78, 5) is 6.57. The van der Waals surface area contributed by atoms with E-state index in [1.807, 2.05) is 32.0 Å². The molecular formula is C21H35FN4O2. The van der Waals surface area contributed by atoms with Gasteiger partial charge in [-0.15, -0.1) is 0 Å². The van der Waals surface area contributed by atoms with Crippen molar-refractivity contribution < 1.29 is 13.9 Å². The third kappa shape index (κ3) is 8.54. The highest BCUT2D eigenvalue weighted by atomic mass is 19.1. The molecule has 0 bridgehead atoms. The molecule has 6 nitrogen and oxygen atoms in total. The van der Waals surface area contributed by atoms with E-state index < -0.39 is 0 Å². The first kappa shape index (κ1) is 22.6. The lowest BCUT2D eigenvalue weighted by atomic mass is 10.1. The number of nitrogens with zero attached hydrogens (tertiary/aromatic N) is 2. The smallest absolute Gasteiger partial charge is 0.191 e. The first-order chi connectivity index (χ1) is 13.6. The first-order valence-electron chi connectivity index (χ1n) is 10.2. The molecule has 1 aromatic carbocycles. The van der Waals surface area contributed by atoms with Gasteiger partial charge in [0.25, 0.3) is 0 Å². The lowest BCUT2D eigenvalue weighted by Gasteiger charge is -2.13. The second-order valence-electron chi connectivity index (χ2n) is 7.44. The molecular weight excluding hydrogens is 359 g/mol. The molecule has 7 heteroatoms. The molecule has 1 heterocycles. The second-order valence-corrected chi connectivity index (χ2v) is 7.44. The van der Waals surface area contributed by atoms with E-state index in [-0.39, 0.29) is 5.82 Å². The fraction of sp³-hybridized carbons (Fsp3) is 0.667. The van der Waals surface area contributed by atoms with Crippen LogP contribution in [0, 0.1) is 11.7 Å². The predicted molar refractivity (Wildman–Crippen MR) is 111 cm³/mol. The summed E-state index contributed by atoms with van der Waals surface area (Å²) in [6, 6.07) is 5.21. The second kappa shape index (κ2) is 12.7. The van der Waals surface area contributed by atoms with Gasteiger partial charge in [0, 0.05) is 44.3 Å². The van der Waals surface area contributed by atoms with E-state index in [0.29, 0.717) is 24.6 Å². The summed E-state index contributed by atoms with van der Waals surface area (Å²) in [5.74, 6) is 1.15. The largest absolute Gasteiger partial charge is 0.381 e. The Kier molecular flexibility index (Phi) is 10.2. The summed E-state index contributed by atoms with van der Waals surface area (Å²) in [5, 5.41) is 6.58. The van der Waals surface area contributed by atoms with Crippen LogP contribution in [0.1, 0.15) is 30.9 Å². The third-order valence-corrected chi connectivity index (χ3v) is 4.50. The number of ether oxygens (including phenoxy) is 2. The number of nitrogens with one attached hydrogen (secondary N) is 2. The van der Waals surface area contributed by atoms with Gasteiger partial charge in [0.15, 0.2) is 5.96 Å². The standard InChI is InChI=1S/C21H35FN4O2/c1-4-23-21(24-9-5-10-27-15-18-8-11-28-16-18)25-13-17-6-7-20(22)19(12-17)14-26(2)3/h6-7,12,18H,4-5,8-11,13-16H2,1-3H3,(H2,23,24,25). The van der Waals surface area contributed by atoms with Crippen LogP contribution >= 0.6 is 0 Å². The van der Waals surface area contributed by atoms with Gasteiger partial charge < -0.3 is 25.0 Å². The highest BCUT2D eigenvalue weighted by Crippen LogP contribution is 2.13. The van der Waals surface area contributed by atoms with Crippen LogP contribution in [0.25, 0.3) is 0 Å². The number of benzene rings is 1. The molecule has 1 unspecified atom stereocenters. The third-order valence-electron chi connectivity index (χ3n) is 4.50. The van der Waals surface area contributed by atoms with Crippen molar-refractivity contribution in [3.63, 3.8) is 0 Å². The van der Waals surface area contributed by atoms with Crippen molar-refractivity contribution in [1.29, 1.82) is 0 Å². The molecule has 2 N–H and O–H groups in total. The number of guanidine groups is 1. The van der Waals surface area contributed by atoms with Gasteiger partial charge >= 0.3 is 0 Å². The first-order valence-corrected chi connectivity index (χ1v) is 10.2. The molecule has 158 valence electrons. The van der Waals surface area contributed by atoms with Crippen LogP contribution in [0.4, 0.5) is 4.39 Å². The van der Waals surface area contributed by atoms with Crippen LogP contribution in [0.15, 0.2) is 23.2 Å². The Balaban J connectivity index is 1.74. The number of aliphatic imine (C=N–C) groups is 1. The Bertz CT molecular complexity index is 604. The molecule has 1 atom stereocenters. The Labute approximate surface area is 168 Å². The van der Waals surface area contributed by atoms with Crippen molar-refractivity contribution in [2.75, 3.05) is 53.6 Å². The average molecular weight is 395 g/mol. The van der Waals surface area contributed by atoms with E-state index in [9.17, 15) is 4.39 Å². The van der Waals surface area contributed by atoms with Gasteiger partial charge in [-0.1, -0.05) is 6.07 Å². The summed E-state index contributed by atoms with van der Waals surface area (Å²) in [5.41, 5.74) is 1.69. The molecule has 1 saturated heterocycles. The van der Waals surface area contributed by atoms with Crippen molar-refractivity contribution in [2.24, 2.45) is 10.9 Å². The van der Waals surface area contributed by atoms with Crippen molar-refractivity contribution in [3.8, 4) is 0 Å². The fourth-order valence-corrected chi connectivity index (χ4v) is 3.05. The van der Waals surface area contributed by atoms with Crippen LogP contribution in [0.3, 0.4) is 0 Å². The summed E-state index contributed by atoms with van der Waals surface area (Å²) in [6.07, 6.45) is 2.02. The highest BCUT2D eigenvalue weighted by Gasteiger charge is 2.15. The van der Waals surface area contributed by atoms with Gasteiger partial charge in [0.1, 0.15) is 5.82 Å². The van der Waals surface area contributed by atoms with E-state index >= 15 is 0 Å². The van der Waals surface area contributed by atoms with E-state index in [0.717, 1.165) is 63.9 Å². The average Bonchev–Trinajstić information content (AvgIpc) is 3.18. The molecule has 1 fully saturated rings. The van der Waals surface area contributed by atoms with Crippen molar-refractivity contribution >= 4 is 5.96 Å². The topological polar surface area (TPSA) is 58.1 Å². The molecule has 28 heavy (non-hydrogen) atoms. The molecule has 0 radical (unpaired) electrons. The van der Waals surface area contributed by atoms with Gasteiger partial charge in [-0.2, -0.15) is 0 Å². The van der Waals surface area contributed by atoms with Gasteiger partial charge in [0.2, 0.25) is 0 Å². The maximum absolute atomic E-state index is 13.9. The Morgan fingerprint density at radius 3 is 2.93 bits per heavy atom. The van der Waals surface area contributed by atoms with E-state index in [2.05, 4.69) is 15.6 Å². The molecule has 0 amide bonds. The fourth-order valence-electron chi connectivity index (χ4n) is 3.05. The van der Waals surface area contributed by atoms with Crippen LogP contribution in [0.2, 0.25) is 0 Å². The summed E-state index contributed by atoms with van der Waals surface area (Å²) >= 11 is 0. The van der Waals surface area contributed by atoms with Crippen LogP contribution < -0.4 is 10.6 Å². The molecule has 1 aromatic rings. The SMILES string of the molecule is CCNC(=NCc1ccc(F)c(CN(C)C)c1)NCCCOCC1CCOC1. The number of hydrogen-bond donors (Lipinski definition) is 2. The van der Waals surface area contributed by atoms with Crippen LogP contribution in [-0.4, -0.2) is 64.5 Å². The molecule has 0 saturated carbocycles. The maximum atomic E-state index is 13.9. The van der Waals surface area contributed by atoms with Crippen molar-refractivity contribution in [2.45, 2.75) is 32.9 Å². The normalized spacial score (nSPS) is 17.3. The van der Waals surface area contributed by atoms with Crippen molar-refractivity contribution in [3.05, 3.63) is 35.1 Å². The minimum Gasteiger partial charge on any atom is -0.381 e. The number of halogens is 1. The highest BCUT2D eigenvalue weighted by molar-refractivity contribution is 5.79. The number of rotatable bonds is 11. The lowest BCUT2D eigenvalue weighted by molar-refractivity contribution is 0.0888. The molecule has 1 aliphatic heterocycles. The molecule has 1 aliphatic rings. The lowest BCUT2D eigenvalue weighted by Crippen LogP contribution is -2.38.